The Labute approximate surface area is 89.0 Å². The van der Waals surface area contributed by atoms with Crippen LogP contribution in [0.4, 0.5) is 0 Å². The van der Waals surface area contributed by atoms with Gasteiger partial charge in [0.15, 0.2) is 4.77 Å². The van der Waals surface area contributed by atoms with Crippen LogP contribution in [0.3, 0.4) is 0 Å². The van der Waals surface area contributed by atoms with Crippen molar-refractivity contribution < 1.29 is 0 Å². The van der Waals surface area contributed by atoms with E-state index in [2.05, 4.69) is 9.97 Å². The van der Waals surface area contributed by atoms with Gasteiger partial charge < -0.3 is 9.97 Å². The molecular formula is C7H8N4OS2. The number of nitrogens with one attached hydrogen (secondary N) is 2. The third kappa shape index (κ3) is 1.09. The van der Waals surface area contributed by atoms with E-state index in [1.807, 2.05) is 0 Å². The predicted molar refractivity (Wildman–Crippen MR) is 58.5 cm³/mol. The summed E-state index contributed by atoms with van der Waals surface area (Å²) in [7, 11) is 3.30. The van der Waals surface area contributed by atoms with Crippen LogP contribution in [0.5, 0.6) is 0 Å². The van der Waals surface area contributed by atoms with Crippen LogP contribution in [-0.2, 0) is 14.1 Å². The molecule has 0 unspecified atom stereocenters. The number of rotatable bonds is 0. The van der Waals surface area contributed by atoms with E-state index in [4.69, 9.17) is 24.4 Å². The monoisotopic (exact) mass is 228 g/mol. The van der Waals surface area contributed by atoms with Crippen LogP contribution in [0.1, 0.15) is 0 Å². The van der Waals surface area contributed by atoms with Crippen molar-refractivity contribution >= 4 is 35.6 Å². The van der Waals surface area contributed by atoms with Crippen molar-refractivity contribution in [2.24, 2.45) is 14.1 Å². The van der Waals surface area contributed by atoms with Gasteiger partial charge in [-0.2, -0.15) is 0 Å². The molecule has 2 rings (SSSR count). The van der Waals surface area contributed by atoms with Gasteiger partial charge in [-0.05, 0) is 12.2 Å². The quantitative estimate of drug-likeness (QED) is 0.661. The average molecular weight is 228 g/mol. The third-order valence-corrected chi connectivity index (χ3v) is 2.82. The van der Waals surface area contributed by atoms with Gasteiger partial charge in [-0.1, -0.05) is 12.2 Å². The molecule has 14 heavy (non-hydrogen) atoms. The fourth-order valence-electron chi connectivity index (χ4n) is 1.36. The number of aromatic nitrogens is 4. The Kier molecular flexibility index (Phi) is 1.93. The maximum absolute atomic E-state index is 11.6. The summed E-state index contributed by atoms with van der Waals surface area (Å²) in [4.78, 5) is 17.4. The van der Waals surface area contributed by atoms with Crippen LogP contribution in [0.15, 0.2) is 4.79 Å². The highest BCUT2D eigenvalue weighted by Gasteiger charge is 2.06. The molecule has 7 heteroatoms. The number of nitrogens with zero attached hydrogens (tertiary/aromatic N) is 2. The Hall–Kier alpha value is -1.21. The number of aromatic amines is 2. The van der Waals surface area contributed by atoms with Crippen LogP contribution in [0, 0.1) is 9.41 Å². The first kappa shape index (κ1) is 9.35. The second-order valence-electron chi connectivity index (χ2n) is 3.01. The first-order valence-corrected chi connectivity index (χ1v) is 4.72. The highest BCUT2D eigenvalue weighted by Crippen LogP contribution is 2.07. The molecule has 2 heterocycles. The average Bonchev–Trinajstić information content (AvgIpc) is 2.54. The summed E-state index contributed by atoms with van der Waals surface area (Å²) in [6.07, 6.45) is 0. The first-order valence-electron chi connectivity index (χ1n) is 3.90. The Bertz CT molecular complexity index is 672. The standard InChI is InChI=1S/C7H8N4OS2/c1-10-4-3(8-6(14)9-4)5(13)11(2)7(10)12/h1-2H3,(H2,8,9,14). The molecule has 0 bridgehead atoms. The van der Waals surface area contributed by atoms with Gasteiger partial charge in [0.2, 0.25) is 0 Å². The Balaban J connectivity index is 3.26. The fourth-order valence-corrected chi connectivity index (χ4v) is 1.78. The van der Waals surface area contributed by atoms with Crippen LogP contribution >= 0.6 is 24.4 Å². The van der Waals surface area contributed by atoms with Crippen molar-refractivity contribution in [3.63, 3.8) is 0 Å². The predicted octanol–water partition coefficient (Wildman–Crippen LogP) is 0.992. The molecule has 0 atom stereocenters. The van der Waals surface area contributed by atoms with Crippen molar-refractivity contribution in [1.29, 1.82) is 0 Å². The summed E-state index contributed by atoms with van der Waals surface area (Å²) in [5.41, 5.74) is 1.14. The number of fused-ring (bicyclic) bond motifs is 1. The Morgan fingerprint density at radius 2 is 1.79 bits per heavy atom. The summed E-state index contributed by atoms with van der Waals surface area (Å²) in [5, 5.41) is 0. The lowest BCUT2D eigenvalue weighted by molar-refractivity contribution is 0.721. The molecule has 0 spiro atoms. The fraction of sp³-hybridized carbons (Fsp3) is 0.286. The molecule has 0 aliphatic carbocycles. The molecule has 0 amide bonds. The van der Waals surface area contributed by atoms with Gasteiger partial charge in [-0.3, -0.25) is 9.13 Å². The molecule has 0 aliphatic rings. The van der Waals surface area contributed by atoms with Crippen molar-refractivity contribution in [3.05, 3.63) is 19.9 Å². The van der Waals surface area contributed by atoms with E-state index in [9.17, 15) is 4.79 Å². The third-order valence-electron chi connectivity index (χ3n) is 2.14. The molecular weight excluding hydrogens is 220 g/mol. The second kappa shape index (κ2) is 2.89. The largest absolute Gasteiger partial charge is 0.330 e. The van der Waals surface area contributed by atoms with Gasteiger partial charge in [0, 0.05) is 14.1 Å². The highest BCUT2D eigenvalue weighted by molar-refractivity contribution is 7.71. The van der Waals surface area contributed by atoms with Crippen LogP contribution in [0.2, 0.25) is 0 Å². The molecule has 2 aromatic heterocycles. The zero-order valence-electron chi connectivity index (χ0n) is 7.62. The minimum Gasteiger partial charge on any atom is -0.327 e. The van der Waals surface area contributed by atoms with Gasteiger partial charge in [0.05, 0.1) is 0 Å². The van der Waals surface area contributed by atoms with Gasteiger partial charge in [-0.15, -0.1) is 0 Å². The maximum atomic E-state index is 11.6. The van der Waals surface area contributed by atoms with Crippen molar-refractivity contribution in [1.82, 2.24) is 19.1 Å². The lowest BCUT2D eigenvalue weighted by Gasteiger charge is -2.03. The molecule has 0 fully saturated rings. The SMILES string of the molecule is Cn1c(=S)c2[nH]c(=S)[nH]c2n(C)c1=O. The van der Waals surface area contributed by atoms with Crippen molar-refractivity contribution in [2.75, 3.05) is 0 Å². The summed E-state index contributed by atoms with van der Waals surface area (Å²) >= 11 is 10.0. The molecule has 0 radical (unpaired) electrons. The van der Waals surface area contributed by atoms with E-state index in [0.29, 0.717) is 20.6 Å². The van der Waals surface area contributed by atoms with Gasteiger partial charge in [0.25, 0.3) is 0 Å². The molecule has 2 N–H and O–H groups in total. The molecule has 74 valence electrons. The Morgan fingerprint density at radius 1 is 1.14 bits per heavy atom. The number of imidazole rings is 1. The van der Waals surface area contributed by atoms with E-state index in [1.54, 1.807) is 14.1 Å². The van der Waals surface area contributed by atoms with Crippen molar-refractivity contribution in [3.8, 4) is 0 Å². The van der Waals surface area contributed by atoms with Crippen molar-refractivity contribution in [2.45, 2.75) is 0 Å². The summed E-state index contributed by atoms with van der Waals surface area (Å²) in [6.45, 7) is 0. The maximum Gasteiger partial charge on any atom is 0.330 e. The van der Waals surface area contributed by atoms with Crippen LogP contribution in [0.25, 0.3) is 11.2 Å². The minimum absolute atomic E-state index is 0.173. The van der Waals surface area contributed by atoms with Gasteiger partial charge >= 0.3 is 5.69 Å². The number of H-pyrrole nitrogens is 2. The zero-order valence-corrected chi connectivity index (χ0v) is 9.25. The second-order valence-corrected chi connectivity index (χ2v) is 3.80. The normalized spacial score (nSPS) is 11.0. The molecule has 0 aliphatic heterocycles. The lowest BCUT2D eigenvalue weighted by Crippen LogP contribution is -2.27. The topological polar surface area (TPSA) is 58.5 Å². The minimum atomic E-state index is -0.173. The lowest BCUT2D eigenvalue weighted by atomic mass is 10.5. The molecule has 5 nitrogen and oxygen atoms in total. The van der Waals surface area contributed by atoms with E-state index in [0.717, 1.165) is 0 Å². The van der Waals surface area contributed by atoms with Crippen LogP contribution in [-0.4, -0.2) is 19.1 Å². The summed E-state index contributed by atoms with van der Waals surface area (Å²) < 4.78 is 3.79. The first-order chi connectivity index (χ1) is 6.52. The van der Waals surface area contributed by atoms with E-state index >= 15 is 0 Å². The van der Waals surface area contributed by atoms with Gasteiger partial charge in [-0.25, -0.2) is 4.79 Å². The number of aryl methyl sites for hydroxylation is 1. The molecule has 0 saturated heterocycles. The van der Waals surface area contributed by atoms with Gasteiger partial charge in [0.1, 0.15) is 15.8 Å². The molecule has 2 aromatic rings. The zero-order chi connectivity index (χ0) is 10.5. The number of hydrogen-bond acceptors (Lipinski definition) is 3. The molecule has 0 saturated carbocycles. The summed E-state index contributed by atoms with van der Waals surface area (Å²) in [5.74, 6) is 0. The Morgan fingerprint density at radius 3 is 2.43 bits per heavy atom. The number of hydrogen-bond donors (Lipinski definition) is 2. The van der Waals surface area contributed by atoms with E-state index < -0.39 is 0 Å². The summed E-state index contributed by atoms with van der Waals surface area (Å²) in [6, 6.07) is 0. The smallest absolute Gasteiger partial charge is 0.327 e. The van der Waals surface area contributed by atoms with Crippen LogP contribution < -0.4 is 5.69 Å². The van der Waals surface area contributed by atoms with E-state index in [-0.39, 0.29) is 5.69 Å². The van der Waals surface area contributed by atoms with E-state index in [1.165, 1.54) is 9.13 Å². The highest BCUT2D eigenvalue weighted by atomic mass is 32.1. The molecule has 0 aromatic carbocycles.